The van der Waals surface area contributed by atoms with Crippen molar-refractivity contribution in [2.75, 3.05) is 0 Å². The van der Waals surface area contributed by atoms with Crippen molar-refractivity contribution in [1.82, 2.24) is 4.57 Å². The molecule has 0 aliphatic carbocycles. The third kappa shape index (κ3) is 2.68. The predicted octanol–water partition coefficient (Wildman–Crippen LogP) is 4.20. The molecule has 0 radical (unpaired) electrons. The molecule has 3 rings (SSSR count). The minimum absolute atomic E-state index is 0.106. The van der Waals surface area contributed by atoms with Crippen LogP contribution in [0.3, 0.4) is 0 Å². The Bertz CT molecular complexity index is 769. The van der Waals surface area contributed by atoms with Crippen molar-refractivity contribution in [3.05, 3.63) is 66.4 Å². The van der Waals surface area contributed by atoms with Gasteiger partial charge in [-0.1, -0.05) is 18.2 Å². The van der Waals surface area contributed by atoms with E-state index in [1.165, 1.54) is 5.39 Å². The smallest absolute Gasteiger partial charge is 0.338 e. The molecule has 106 valence electrons. The molecule has 1 heterocycles. The maximum absolute atomic E-state index is 11.8. The molecule has 0 aliphatic rings. The quantitative estimate of drug-likeness (QED) is 0.673. The fourth-order valence-electron chi connectivity index (χ4n) is 2.35. The van der Waals surface area contributed by atoms with Gasteiger partial charge in [0.2, 0.25) is 0 Å². The lowest BCUT2D eigenvalue weighted by atomic mass is 10.2. The van der Waals surface area contributed by atoms with Crippen molar-refractivity contribution in [2.45, 2.75) is 20.0 Å². The highest BCUT2D eigenvalue weighted by Gasteiger charge is 2.09. The maximum Gasteiger partial charge on any atom is 0.338 e. The van der Waals surface area contributed by atoms with Crippen LogP contribution in [0.1, 0.15) is 24.2 Å². The third-order valence-electron chi connectivity index (χ3n) is 3.32. The van der Waals surface area contributed by atoms with Crippen LogP contribution in [0.25, 0.3) is 16.6 Å². The number of carbonyl (C=O) groups excluding carboxylic acids is 1. The third-order valence-corrected chi connectivity index (χ3v) is 3.32. The number of hydrogen-bond donors (Lipinski definition) is 0. The zero-order chi connectivity index (χ0) is 14.8. The molecule has 0 fully saturated rings. The molecule has 0 bridgehead atoms. The van der Waals surface area contributed by atoms with Crippen molar-refractivity contribution in [3.8, 4) is 5.69 Å². The van der Waals surface area contributed by atoms with E-state index in [2.05, 4.69) is 22.8 Å². The number of hydrogen-bond acceptors (Lipinski definition) is 2. The van der Waals surface area contributed by atoms with Crippen LogP contribution in [-0.4, -0.2) is 16.6 Å². The van der Waals surface area contributed by atoms with E-state index in [9.17, 15) is 4.79 Å². The number of fused-ring (bicyclic) bond motifs is 1. The molecule has 0 aliphatic heterocycles. The highest BCUT2D eigenvalue weighted by molar-refractivity contribution is 5.90. The van der Waals surface area contributed by atoms with Crippen LogP contribution in [0, 0.1) is 0 Å². The highest BCUT2D eigenvalue weighted by Crippen LogP contribution is 2.20. The molecule has 21 heavy (non-hydrogen) atoms. The first-order valence-electron chi connectivity index (χ1n) is 7.02. The number of ether oxygens (including phenoxy) is 1. The van der Waals surface area contributed by atoms with Crippen LogP contribution in [0.5, 0.6) is 0 Å². The Morgan fingerprint density at radius 3 is 2.43 bits per heavy atom. The molecule has 3 aromatic rings. The van der Waals surface area contributed by atoms with Gasteiger partial charge in [-0.2, -0.15) is 0 Å². The molecule has 0 saturated carbocycles. The number of nitrogens with zero attached hydrogens (tertiary/aromatic N) is 1. The lowest BCUT2D eigenvalue weighted by molar-refractivity contribution is 0.0378. The van der Waals surface area contributed by atoms with E-state index in [4.69, 9.17) is 4.74 Å². The van der Waals surface area contributed by atoms with Gasteiger partial charge in [0, 0.05) is 11.9 Å². The van der Waals surface area contributed by atoms with E-state index in [0.29, 0.717) is 5.56 Å². The SMILES string of the molecule is CC(C)OC(=O)c1ccc(-n2ccc3ccccc32)cc1. The Hall–Kier alpha value is -2.55. The fraction of sp³-hybridized carbons (Fsp3) is 0.167. The topological polar surface area (TPSA) is 31.2 Å². The summed E-state index contributed by atoms with van der Waals surface area (Å²) in [5.74, 6) is -0.283. The summed E-state index contributed by atoms with van der Waals surface area (Å²) < 4.78 is 7.30. The predicted molar refractivity (Wildman–Crippen MR) is 83.8 cm³/mol. The van der Waals surface area contributed by atoms with Gasteiger partial charge in [0.25, 0.3) is 0 Å². The second-order valence-corrected chi connectivity index (χ2v) is 5.25. The summed E-state index contributed by atoms with van der Waals surface area (Å²) in [6, 6.07) is 17.8. The highest BCUT2D eigenvalue weighted by atomic mass is 16.5. The minimum Gasteiger partial charge on any atom is -0.459 e. The van der Waals surface area contributed by atoms with Crippen molar-refractivity contribution in [2.24, 2.45) is 0 Å². The second-order valence-electron chi connectivity index (χ2n) is 5.25. The van der Waals surface area contributed by atoms with Gasteiger partial charge in [-0.15, -0.1) is 0 Å². The Kier molecular flexibility index (Phi) is 3.48. The summed E-state index contributed by atoms with van der Waals surface area (Å²) in [7, 11) is 0. The molecular weight excluding hydrogens is 262 g/mol. The van der Waals surface area contributed by atoms with Crippen LogP contribution in [0.2, 0.25) is 0 Å². The molecule has 3 heteroatoms. The first kappa shape index (κ1) is 13.4. The van der Waals surface area contributed by atoms with E-state index >= 15 is 0 Å². The first-order chi connectivity index (χ1) is 10.1. The van der Waals surface area contributed by atoms with Crippen molar-refractivity contribution >= 4 is 16.9 Å². The van der Waals surface area contributed by atoms with Gasteiger partial charge in [0.15, 0.2) is 0 Å². The Labute approximate surface area is 123 Å². The lowest BCUT2D eigenvalue weighted by Crippen LogP contribution is -2.11. The van der Waals surface area contributed by atoms with Crippen LogP contribution < -0.4 is 0 Å². The number of aromatic nitrogens is 1. The van der Waals surface area contributed by atoms with Gasteiger partial charge in [0.05, 0.1) is 17.2 Å². The largest absolute Gasteiger partial charge is 0.459 e. The summed E-state index contributed by atoms with van der Waals surface area (Å²) in [6.07, 6.45) is 1.93. The average molecular weight is 279 g/mol. The van der Waals surface area contributed by atoms with E-state index in [1.807, 2.05) is 44.3 Å². The number of carbonyl (C=O) groups is 1. The van der Waals surface area contributed by atoms with Crippen LogP contribution in [0.15, 0.2) is 60.8 Å². The molecular formula is C18H17NO2. The zero-order valence-corrected chi connectivity index (χ0v) is 12.1. The van der Waals surface area contributed by atoms with Crippen LogP contribution >= 0.6 is 0 Å². The van der Waals surface area contributed by atoms with Gasteiger partial charge in [-0.3, -0.25) is 0 Å². The Balaban J connectivity index is 1.92. The molecule has 0 spiro atoms. The summed E-state index contributed by atoms with van der Waals surface area (Å²) in [5, 5.41) is 1.20. The summed E-state index contributed by atoms with van der Waals surface area (Å²) in [5.41, 5.74) is 2.75. The summed E-state index contributed by atoms with van der Waals surface area (Å²) in [4.78, 5) is 11.8. The van der Waals surface area contributed by atoms with Gasteiger partial charge in [0.1, 0.15) is 0 Å². The maximum atomic E-state index is 11.8. The Morgan fingerprint density at radius 2 is 1.71 bits per heavy atom. The molecule has 0 saturated heterocycles. The molecule has 0 atom stereocenters. The molecule has 0 amide bonds. The van der Waals surface area contributed by atoms with Gasteiger partial charge < -0.3 is 9.30 Å². The molecule has 2 aromatic carbocycles. The van der Waals surface area contributed by atoms with Crippen LogP contribution in [-0.2, 0) is 4.74 Å². The number of para-hydroxylation sites is 1. The molecule has 0 N–H and O–H groups in total. The summed E-state index contributed by atoms with van der Waals surface area (Å²) in [6.45, 7) is 3.69. The van der Waals surface area contributed by atoms with Gasteiger partial charge >= 0.3 is 5.97 Å². The summed E-state index contributed by atoms with van der Waals surface area (Å²) >= 11 is 0. The van der Waals surface area contributed by atoms with Crippen molar-refractivity contribution < 1.29 is 9.53 Å². The zero-order valence-electron chi connectivity index (χ0n) is 12.1. The van der Waals surface area contributed by atoms with E-state index in [-0.39, 0.29) is 12.1 Å². The first-order valence-corrected chi connectivity index (χ1v) is 7.02. The van der Waals surface area contributed by atoms with Gasteiger partial charge in [-0.25, -0.2) is 4.79 Å². The van der Waals surface area contributed by atoms with Gasteiger partial charge in [-0.05, 0) is 55.6 Å². The Morgan fingerprint density at radius 1 is 1.00 bits per heavy atom. The second kappa shape index (κ2) is 5.44. The normalized spacial score (nSPS) is 11.0. The number of esters is 1. The molecule has 0 unspecified atom stereocenters. The van der Waals surface area contributed by atoms with E-state index in [1.54, 1.807) is 12.1 Å². The average Bonchev–Trinajstić information content (AvgIpc) is 2.90. The van der Waals surface area contributed by atoms with Crippen molar-refractivity contribution in [3.63, 3.8) is 0 Å². The standard InChI is InChI=1S/C18H17NO2/c1-13(2)21-18(20)15-7-9-16(10-8-15)19-12-11-14-5-3-4-6-17(14)19/h3-13H,1-2H3. The minimum atomic E-state index is -0.283. The van der Waals surface area contributed by atoms with Crippen molar-refractivity contribution in [1.29, 1.82) is 0 Å². The van der Waals surface area contributed by atoms with E-state index < -0.39 is 0 Å². The fourth-order valence-corrected chi connectivity index (χ4v) is 2.35. The number of rotatable bonds is 3. The number of benzene rings is 2. The lowest BCUT2D eigenvalue weighted by Gasteiger charge is -2.09. The molecule has 1 aromatic heterocycles. The molecule has 3 nitrogen and oxygen atoms in total. The monoisotopic (exact) mass is 279 g/mol. The van der Waals surface area contributed by atoms with E-state index in [0.717, 1.165) is 11.2 Å². The van der Waals surface area contributed by atoms with Crippen LogP contribution in [0.4, 0.5) is 0 Å².